The standard InChI is InChI=1S/C14H22N2O2/c1-3-11(2)12-7-4-5-8-13(12)18-10-6-9-14(15)16-17/h4-5,7-8,11,17H,3,6,9-10H2,1-2H3,(H2,15,16). The quantitative estimate of drug-likeness (QED) is 0.257. The van der Waals surface area contributed by atoms with E-state index in [1.54, 1.807) is 0 Å². The van der Waals surface area contributed by atoms with Gasteiger partial charge in [0, 0.05) is 6.42 Å². The molecule has 0 fully saturated rings. The zero-order valence-corrected chi connectivity index (χ0v) is 11.1. The topological polar surface area (TPSA) is 67.8 Å². The third-order valence-corrected chi connectivity index (χ3v) is 3.03. The number of benzene rings is 1. The number of oxime groups is 1. The molecule has 0 aliphatic carbocycles. The fourth-order valence-corrected chi connectivity index (χ4v) is 1.72. The molecule has 1 atom stereocenters. The third-order valence-electron chi connectivity index (χ3n) is 3.03. The maximum Gasteiger partial charge on any atom is 0.139 e. The van der Waals surface area contributed by atoms with Gasteiger partial charge in [0.1, 0.15) is 11.6 Å². The van der Waals surface area contributed by atoms with E-state index in [1.807, 2.05) is 18.2 Å². The first kappa shape index (κ1) is 14.4. The molecule has 3 N–H and O–H groups in total. The summed E-state index contributed by atoms with van der Waals surface area (Å²) in [6, 6.07) is 8.10. The van der Waals surface area contributed by atoms with Crippen LogP contribution in [-0.4, -0.2) is 17.6 Å². The maximum atomic E-state index is 8.42. The molecule has 0 bridgehead atoms. The molecule has 18 heavy (non-hydrogen) atoms. The number of hydrogen-bond donors (Lipinski definition) is 2. The average molecular weight is 250 g/mol. The van der Waals surface area contributed by atoms with Gasteiger partial charge in [0.25, 0.3) is 0 Å². The van der Waals surface area contributed by atoms with Gasteiger partial charge in [-0.25, -0.2) is 0 Å². The van der Waals surface area contributed by atoms with Crippen LogP contribution < -0.4 is 10.5 Å². The minimum absolute atomic E-state index is 0.244. The zero-order chi connectivity index (χ0) is 13.4. The molecule has 0 radical (unpaired) electrons. The van der Waals surface area contributed by atoms with E-state index >= 15 is 0 Å². The van der Waals surface area contributed by atoms with E-state index in [9.17, 15) is 0 Å². The van der Waals surface area contributed by atoms with Crippen LogP contribution in [0.25, 0.3) is 0 Å². The van der Waals surface area contributed by atoms with Gasteiger partial charge in [-0.2, -0.15) is 0 Å². The summed E-state index contributed by atoms with van der Waals surface area (Å²) in [5.41, 5.74) is 6.64. The second-order valence-electron chi connectivity index (χ2n) is 4.39. The molecular formula is C14H22N2O2. The Labute approximate surface area is 108 Å². The molecular weight excluding hydrogens is 228 g/mol. The molecule has 0 spiro atoms. The highest BCUT2D eigenvalue weighted by molar-refractivity contribution is 5.79. The predicted octanol–water partition coefficient (Wildman–Crippen LogP) is 3.11. The van der Waals surface area contributed by atoms with E-state index in [1.165, 1.54) is 5.56 Å². The van der Waals surface area contributed by atoms with Gasteiger partial charge in [-0.1, -0.05) is 37.2 Å². The molecule has 4 nitrogen and oxygen atoms in total. The summed E-state index contributed by atoms with van der Waals surface area (Å²) in [5, 5.41) is 11.4. The van der Waals surface area contributed by atoms with Crippen LogP contribution in [0.1, 0.15) is 44.6 Å². The van der Waals surface area contributed by atoms with Gasteiger partial charge in [0.2, 0.25) is 0 Å². The molecule has 0 saturated carbocycles. The number of amidine groups is 1. The fraction of sp³-hybridized carbons (Fsp3) is 0.500. The Morgan fingerprint density at radius 2 is 2.17 bits per heavy atom. The Morgan fingerprint density at radius 3 is 2.83 bits per heavy atom. The summed E-state index contributed by atoms with van der Waals surface area (Å²) in [7, 11) is 0. The third kappa shape index (κ3) is 4.28. The van der Waals surface area contributed by atoms with E-state index < -0.39 is 0 Å². The van der Waals surface area contributed by atoms with E-state index in [0.717, 1.165) is 18.6 Å². The SMILES string of the molecule is CCC(C)c1ccccc1OCCC/C(N)=N/O. The Kier molecular flexibility index (Phi) is 6.05. The van der Waals surface area contributed by atoms with E-state index in [2.05, 4.69) is 25.1 Å². The first-order valence-corrected chi connectivity index (χ1v) is 6.37. The number of nitrogens with zero attached hydrogens (tertiary/aromatic N) is 1. The summed E-state index contributed by atoms with van der Waals surface area (Å²) in [5.74, 6) is 1.67. The lowest BCUT2D eigenvalue weighted by Gasteiger charge is -2.15. The molecule has 0 aliphatic heterocycles. The van der Waals surface area contributed by atoms with Crippen molar-refractivity contribution in [1.29, 1.82) is 0 Å². The van der Waals surface area contributed by atoms with Crippen LogP contribution in [0, 0.1) is 0 Å². The van der Waals surface area contributed by atoms with Crippen LogP contribution in [0.15, 0.2) is 29.4 Å². The van der Waals surface area contributed by atoms with E-state index in [0.29, 0.717) is 18.9 Å². The van der Waals surface area contributed by atoms with Crippen LogP contribution in [0.2, 0.25) is 0 Å². The lowest BCUT2D eigenvalue weighted by molar-refractivity contribution is 0.302. The second kappa shape index (κ2) is 7.58. The van der Waals surface area contributed by atoms with Crippen LogP contribution in [0.5, 0.6) is 5.75 Å². The number of hydrogen-bond acceptors (Lipinski definition) is 3. The molecule has 1 aromatic rings. The van der Waals surface area contributed by atoms with Gasteiger partial charge in [-0.3, -0.25) is 0 Å². The van der Waals surface area contributed by atoms with Crippen molar-refractivity contribution in [2.24, 2.45) is 10.9 Å². The maximum absolute atomic E-state index is 8.42. The molecule has 1 aromatic carbocycles. The number of rotatable bonds is 7. The highest BCUT2D eigenvalue weighted by Gasteiger charge is 2.09. The summed E-state index contributed by atoms with van der Waals surface area (Å²) < 4.78 is 5.76. The van der Waals surface area contributed by atoms with Gasteiger partial charge in [-0.15, -0.1) is 0 Å². The van der Waals surface area contributed by atoms with Gasteiger partial charge in [-0.05, 0) is 30.4 Å². The summed E-state index contributed by atoms with van der Waals surface area (Å²) in [6.07, 6.45) is 2.37. The largest absolute Gasteiger partial charge is 0.493 e. The normalized spacial score (nSPS) is 13.3. The van der Waals surface area contributed by atoms with Crippen LogP contribution in [0.4, 0.5) is 0 Å². The van der Waals surface area contributed by atoms with E-state index in [-0.39, 0.29) is 5.84 Å². The first-order valence-electron chi connectivity index (χ1n) is 6.37. The van der Waals surface area contributed by atoms with Crippen molar-refractivity contribution in [2.75, 3.05) is 6.61 Å². The van der Waals surface area contributed by atoms with Crippen LogP contribution >= 0.6 is 0 Å². The van der Waals surface area contributed by atoms with Crippen molar-refractivity contribution in [3.8, 4) is 5.75 Å². The molecule has 1 rings (SSSR count). The van der Waals surface area contributed by atoms with E-state index in [4.69, 9.17) is 15.7 Å². The minimum atomic E-state index is 0.244. The first-order chi connectivity index (χ1) is 8.69. The Balaban J connectivity index is 2.51. The molecule has 100 valence electrons. The summed E-state index contributed by atoms with van der Waals surface area (Å²) >= 11 is 0. The van der Waals surface area contributed by atoms with Crippen molar-refractivity contribution in [3.05, 3.63) is 29.8 Å². The minimum Gasteiger partial charge on any atom is -0.493 e. The van der Waals surface area contributed by atoms with Crippen molar-refractivity contribution in [2.45, 2.75) is 39.0 Å². The van der Waals surface area contributed by atoms with Crippen LogP contribution in [0.3, 0.4) is 0 Å². The summed E-state index contributed by atoms with van der Waals surface area (Å²) in [6.45, 7) is 4.93. The van der Waals surface area contributed by atoms with Crippen molar-refractivity contribution >= 4 is 5.84 Å². The molecule has 0 aromatic heterocycles. The lowest BCUT2D eigenvalue weighted by atomic mass is 9.98. The smallest absolute Gasteiger partial charge is 0.139 e. The molecule has 4 heteroatoms. The number of para-hydroxylation sites is 1. The highest BCUT2D eigenvalue weighted by Crippen LogP contribution is 2.28. The average Bonchev–Trinajstić information content (AvgIpc) is 2.42. The molecule has 0 amide bonds. The highest BCUT2D eigenvalue weighted by atomic mass is 16.5. The molecule has 0 aliphatic rings. The lowest BCUT2D eigenvalue weighted by Crippen LogP contribution is -2.13. The van der Waals surface area contributed by atoms with Crippen molar-refractivity contribution < 1.29 is 9.94 Å². The molecule has 1 unspecified atom stereocenters. The van der Waals surface area contributed by atoms with Crippen molar-refractivity contribution in [3.63, 3.8) is 0 Å². The molecule has 0 saturated heterocycles. The van der Waals surface area contributed by atoms with Gasteiger partial charge >= 0.3 is 0 Å². The summed E-state index contributed by atoms with van der Waals surface area (Å²) in [4.78, 5) is 0. The van der Waals surface area contributed by atoms with Gasteiger partial charge in [0.05, 0.1) is 6.61 Å². The Morgan fingerprint density at radius 1 is 1.44 bits per heavy atom. The van der Waals surface area contributed by atoms with Crippen molar-refractivity contribution in [1.82, 2.24) is 0 Å². The van der Waals surface area contributed by atoms with Crippen LogP contribution in [-0.2, 0) is 0 Å². The number of nitrogens with two attached hydrogens (primary N) is 1. The Bertz CT molecular complexity index is 391. The zero-order valence-electron chi connectivity index (χ0n) is 11.1. The Hall–Kier alpha value is -1.71. The monoisotopic (exact) mass is 250 g/mol. The number of ether oxygens (including phenoxy) is 1. The molecule has 0 heterocycles. The fourth-order valence-electron chi connectivity index (χ4n) is 1.72. The predicted molar refractivity (Wildman–Crippen MR) is 73.3 cm³/mol. The van der Waals surface area contributed by atoms with Gasteiger partial charge < -0.3 is 15.7 Å². The van der Waals surface area contributed by atoms with Gasteiger partial charge in [0.15, 0.2) is 0 Å². The second-order valence-corrected chi connectivity index (χ2v) is 4.39.